The number of rotatable bonds is 6. The number of aromatic nitrogens is 3. The smallest absolute Gasteiger partial charge is 0.323 e. The molecule has 0 aliphatic heterocycles. The van der Waals surface area contributed by atoms with Crippen LogP contribution in [0, 0.1) is 17.6 Å². The number of hydrogen-bond acceptors (Lipinski definition) is 5. The Kier molecular flexibility index (Phi) is 5.52. The lowest BCUT2D eigenvalue weighted by molar-refractivity contribution is 0.102. The zero-order valence-electron chi connectivity index (χ0n) is 16.7. The third kappa shape index (κ3) is 4.05. The molecule has 0 spiro atoms. The summed E-state index contributed by atoms with van der Waals surface area (Å²) in [5.74, 6) is -1.96. The molecule has 1 aliphatic rings. The van der Waals surface area contributed by atoms with Crippen LogP contribution in [0.2, 0.25) is 0 Å². The van der Waals surface area contributed by atoms with Crippen molar-refractivity contribution in [2.45, 2.75) is 45.6 Å². The number of benzene rings is 1. The SMILES string of the molecule is CCc1oc(-n2cccn2)nc1C(=O)Nc1cc(F)c(O[C@@H]2CCC(C)C2)c(F)c1. The van der Waals surface area contributed by atoms with Crippen molar-refractivity contribution in [1.29, 1.82) is 0 Å². The molecular formula is C21H22F2N4O3. The van der Waals surface area contributed by atoms with Gasteiger partial charge in [0.15, 0.2) is 23.1 Å². The molecule has 7 nitrogen and oxygen atoms in total. The normalized spacial score (nSPS) is 18.5. The Morgan fingerprint density at radius 2 is 2.10 bits per heavy atom. The third-order valence-electron chi connectivity index (χ3n) is 5.11. The summed E-state index contributed by atoms with van der Waals surface area (Å²) in [6.07, 6.45) is 5.89. The standard InChI is InChI=1S/C21H22F2N4O3/c1-3-17-18(26-21(30-17)27-8-4-7-24-27)20(28)25-13-10-15(22)19(16(23)11-13)29-14-6-5-12(2)9-14/h4,7-8,10-12,14H,3,5-6,9H2,1-2H3,(H,25,28)/t12?,14-/m1/s1. The Balaban J connectivity index is 1.52. The number of nitrogens with zero attached hydrogens (tertiary/aromatic N) is 3. The Labute approximate surface area is 172 Å². The highest BCUT2D eigenvalue weighted by atomic mass is 19.1. The number of oxazole rings is 1. The lowest BCUT2D eigenvalue weighted by Crippen LogP contribution is -2.16. The van der Waals surface area contributed by atoms with Gasteiger partial charge < -0.3 is 14.5 Å². The van der Waals surface area contributed by atoms with E-state index >= 15 is 0 Å². The van der Waals surface area contributed by atoms with Gasteiger partial charge in [-0.2, -0.15) is 14.8 Å². The van der Waals surface area contributed by atoms with Crippen molar-refractivity contribution >= 4 is 11.6 Å². The molecule has 9 heteroatoms. The number of aryl methyl sites for hydroxylation is 1. The van der Waals surface area contributed by atoms with Crippen LogP contribution in [0.4, 0.5) is 14.5 Å². The van der Waals surface area contributed by atoms with Gasteiger partial charge in [0, 0.05) is 36.6 Å². The molecule has 3 aromatic rings. The van der Waals surface area contributed by atoms with Gasteiger partial charge in [-0.05, 0) is 31.2 Å². The van der Waals surface area contributed by atoms with E-state index in [9.17, 15) is 13.6 Å². The van der Waals surface area contributed by atoms with Gasteiger partial charge in [0.25, 0.3) is 5.91 Å². The number of carbonyl (C=O) groups is 1. The maximum atomic E-state index is 14.5. The van der Waals surface area contributed by atoms with Gasteiger partial charge in [0.2, 0.25) is 0 Å². The summed E-state index contributed by atoms with van der Waals surface area (Å²) in [6.45, 7) is 3.89. The minimum Gasteiger partial charge on any atom is -0.484 e. The van der Waals surface area contributed by atoms with E-state index in [-0.39, 0.29) is 23.5 Å². The third-order valence-corrected chi connectivity index (χ3v) is 5.11. The van der Waals surface area contributed by atoms with Gasteiger partial charge in [0.05, 0.1) is 6.10 Å². The Morgan fingerprint density at radius 1 is 1.33 bits per heavy atom. The van der Waals surface area contributed by atoms with Crippen molar-refractivity contribution in [2.75, 3.05) is 5.32 Å². The molecule has 0 bridgehead atoms. The molecule has 1 unspecified atom stereocenters. The summed E-state index contributed by atoms with van der Waals surface area (Å²) >= 11 is 0. The summed E-state index contributed by atoms with van der Waals surface area (Å²) in [7, 11) is 0. The molecule has 2 heterocycles. The van der Waals surface area contributed by atoms with Crippen molar-refractivity contribution in [3.05, 3.63) is 53.7 Å². The van der Waals surface area contributed by atoms with Crippen molar-refractivity contribution in [3.63, 3.8) is 0 Å². The first-order chi connectivity index (χ1) is 14.4. The van der Waals surface area contributed by atoms with Gasteiger partial charge in [-0.15, -0.1) is 0 Å². The van der Waals surface area contributed by atoms with Crippen molar-refractivity contribution in [1.82, 2.24) is 14.8 Å². The number of carbonyl (C=O) groups excluding carboxylic acids is 1. The summed E-state index contributed by atoms with van der Waals surface area (Å²) in [6, 6.07) is 3.90. The molecule has 4 rings (SSSR count). The minimum atomic E-state index is -0.863. The molecule has 1 aliphatic carbocycles. The van der Waals surface area contributed by atoms with Crippen LogP contribution in [0.3, 0.4) is 0 Å². The summed E-state index contributed by atoms with van der Waals surface area (Å²) in [5.41, 5.74) is -0.00285. The fourth-order valence-corrected chi connectivity index (χ4v) is 3.60. The number of amides is 1. The fraction of sp³-hybridized carbons (Fsp3) is 0.381. The highest BCUT2D eigenvalue weighted by molar-refractivity contribution is 6.03. The van der Waals surface area contributed by atoms with Gasteiger partial charge >= 0.3 is 6.01 Å². The Morgan fingerprint density at radius 3 is 2.70 bits per heavy atom. The first-order valence-corrected chi connectivity index (χ1v) is 9.91. The number of nitrogens with one attached hydrogen (secondary N) is 1. The lowest BCUT2D eigenvalue weighted by Gasteiger charge is -2.15. The van der Waals surface area contributed by atoms with Gasteiger partial charge in [-0.1, -0.05) is 13.8 Å². The van der Waals surface area contributed by atoms with E-state index in [1.54, 1.807) is 25.4 Å². The maximum Gasteiger partial charge on any atom is 0.323 e. The van der Waals surface area contributed by atoms with E-state index in [1.165, 1.54) is 4.68 Å². The van der Waals surface area contributed by atoms with Crippen LogP contribution >= 0.6 is 0 Å². The zero-order chi connectivity index (χ0) is 21.3. The second-order valence-electron chi connectivity index (χ2n) is 7.45. The highest BCUT2D eigenvalue weighted by Gasteiger charge is 2.26. The molecular weight excluding hydrogens is 394 g/mol. The average Bonchev–Trinajstić information content (AvgIpc) is 3.44. The first kappa shape index (κ1) is 20.1. The minimum absolute atomic E-state index is 0.0316. The van der Waals surface area contributed by atoms with E-state index in [1.807, 2.05) is 0 Å². The van der Waals surface area contributed by atoms with Crippen LogP contribution in [-0.2, 0) is 6.42 Å². The van der Waals surface area contributed by atoms with E-state index in [0.717, 1.165) is 31.4 Å². The molecule has 1 amide bonds. The van der Waals surface area contributed by atoms with Crippen molar-refractivity contribution in [2.24, 2.45) is 5.92 Å². The van der Waals surface area contributed by atoms with Crippen molar-refractivity contribution < 1.29 is 22.7 Å². The first-order valence-electron chi connectivity index (χ1n) is 9.91. The molecule has 0 radical (unpaired) electrons. The molecule has 1 aromatic carbocycles. The van der Waals surface area contributed by atoms with Gasteiger partial charge in [0.1, 0.15) is 5.76 Å². The average molecular weight is 416 g/mol. The largest absolute Gasteiger partial charge is 0.484 e. The van der Waals surface area contributed by atoms with E-state index < -0.39 is 23.3 Å². The van der Waals surface area contributed by atoms with E-state index in [4.69, 9.17) is 9.15 Å². The predicted molar refractivity (Wildman–Crippen MR) is 105 cm³/mol. The van der Waals surface area contributed by atoms with Gasteiger partial charge in [-0.3, -0.25) is 4.79 Å². The maximum absolute atomic E-state index is 14.5. The van der Waals surface area contributed by atoms with Crippen LogP contribution in [-0.4, -0.2) is 26.8 Å². The van der Waals surface area contributed by atoms with Crippen LogP contribution in [0.15, 0.2) is 35.0 Å². The number of hydrogen-bond donors (Lipinski definition) is 1. The quantitative estimate of drug-likeness (QED) is 0.639. The van der Waals surface area contributed by atoms with E-state index in [2.05, 4.69) is 22.3 Å². The number of ether oxygens (including phenoxy) is 1. The predicted octanol–water partition coefficient (Wildman–Crippen LogP) is 4.52. The highest BCUT2D eigenvalue weighted by Crippen LogP contribution is 2.32. The van der Waals surface area contributed by atoms with E-state index in [0.29, 0.717) is 18.1 Å². The molecule has 0 saturated heterocycles. The molecule has 1 fully saturated rings. The molecule has 1 N–H and O–H groups in total. The topological polar surface area (TPSA) is 82.2 Å². The summed E-state index contributed by atoms with van der Waals surface area (Å²) in [4.78, 5) is 16.8. The van der Waals surface area contributed by atoms with Crippen LogP contribution < -0.4 is 10.1 Å². The van der Waals surface area contributed by atoms with Crippen molar-refractivity contribution in [3.8, 4) is 11.8 Å². The Hall–Kier alpha value is -3.23. The zero-order valence-corrected chi connectivity index (χ0v) is 16.7. The van der Waals surface area contributed by atoms with Crippen LogP contribution in [0.25, 0.3) is 6.01 Å². The fourth-order valence-electron chi connectivity index (χ4n) is 3.60. The van der Waals surface area contributed by atoms with Gasteiger partial charge in [-0.25, -0.2) is 8.78 Å². The second-order valence-corrected chi connectivity index (χ2v) is 7.45. The number of anilines is 1. The second kappa shape index (κ2) is 8.25. The molecule has 158 valence electrons. The number of halogens is 2. The Bertz CT molecular complexity index is 1030. The van der Waals surface area contributed by atoms with Crippen LogP contribution in [0.5, 0.6) is 5.75 Å². The molecule has 2 atom stereocenters. The summed E-state index contributed by atoms with van der Waals surface area (Å²) in [5, 5.41) is 6.49. The van der Waals surface area contributed by atoms with Crippen LogP contribution in [0.1, 0.15) is 49.4 Å². The molecule has 1 saturated carbocycles. The lowest BCUT2D eigenvalue weighted by atomic mass is 10.1. The summed E-state index contributed by atoms with van der Waals surface area (Å²) < 4.78 is 41.5. The monoisotopic (exact) mass is 416 g/mol. The molecule has 2 aromatic heterocycles. The molecule has 30 heavy (non-hydrogen) atoms.